The Morgan fingerprint density at radius 2 is 1.72 bits per heavy atom. The van der Waals surface area contributed by atoms with Crippen molar-refractivity contribution in [1.82, 2.24) is 0 Å². The Bertz CT molecular complexity index is 634. The van der Waals surface area contributed by atoms with Gasteiger partial charge in [0, 0.05) is 24.4 Å². The third-order valence-electron chi connectivity index (χ3n) is 3.58. The molecule has 2 aromatic rings. The Morgan fingerprint density at radius 3 is 2.33 bits per heavy atom. The van der Waals surface area contributed by atoms with E-state index in [1.807, 2.05) is 11.3 Å². The van der Waals surface area contributed by atoms with Crippen molar-refractivity contribution in [3.05, 3.63) is 28.1 Å². The second-order valence-corrected chi connectivity index (χ2v) is 7.47. The number of carbonyl (C=O) groups excluding carboxylic acids is 1. The van der Waals surface area contributed by atoms with E-state index in [2.05, 4.69) is 45.0 Å². The molecule has 3 rings (SSSR count). The van der Waals surface area contributed by atoms with Gasteiger partial charge in [0.15, 0.2) is 6.29 Å². The second-order valence-electron chi connectivity index (χ2n) is 5.36. The normalized spacial score (nSPS) is 15.3. The van der Waals surface area contributed by atoms with E-state index in [4.69, 9.17) is 0 Å². The summed E-state index contributed by atoms with van der Waals surface area (Å²) in [4.78, 5) is 16.6. The first-order chi connectivity index (χ1) is 8.45. The highest BCUT2D eigenvalue weighted by atomic mass is 32.1. The molecule has 2 aromatic heterocycles. The third-order valence-corrected chi connectivity index (χ3v) is 6.11. The van der Waals surface area contributed by atoms with Crippen LogP contribution in [0.2, 0.25) is 0 Å². The lowest BCUT2D eigenvalue weighted by atomic mass is 9.84. The third kappa shape index (κ3) is 1.42. The Labute approximate surface area is 115 Å². The Hall–Kier alpha value is -1.13. The van der Waals surface area contributed by atoms with Crippen LogP contribution in [0.3, 0.4) is 0 Å². The van der Waals surface area contributed by atoms with Crippen LogP contribution >= 0.6 is 22.7 Å². The van der Waals surface area contributed by atoms with Crippen LogP contribution in [0.5, 0.6) is 0 Å². The molecule has 2 nitrogen and oxygen atoms in total. The van der Waals surface area contributed by atoms with Crippen LogP contribution in [0.1, 0.15) is 34.6 Å². The molecule has 2 heterocycles. The van der Waals surface area contributed by atoms with E-state index in [1.54, 1.807) is 11.3 Å². The lowest BCUT2D eigenvalue weighted by Gasteiger charge is -2.19. The molecular weight excluding hydrogens is 262 g/mol. The average Bonchev–Trinajstić information content (AvgIpc) is 2.95. The first-order valence-electron chi connectivity index (χ1n) is 5.86. The maximum Gasteiger partial charge on any atom is 0.160 e. The summed E-state index contributed by atoms with van der Waals surface area (Å²) in [6.07, 6.45) is 0.958. The standard InChI is InChI=1S/C14H15NOS2/c1-14(2)9-5-8(7-16)17-12(9)13-10(14)6-11(18-13)15(3)4/h5-7H,1-4H3. The molecule has 4 heteroatoms. The summed E-state index contributed by atoms with van der Waals surface area (Å²) < 4.78 is 0. The molecule has 1 aliphatic rings. The number of carbonyl (C=O) groups is 1. The molecule has 0 aliphatic heterocycles. The number of fused-ring (bicyclic) bond motifs is 3. The van der Waals surface area contributed by atoms with Gasteiger partial charge in [-0.2, -0.15) is 0 Å². The van der Waals surface area contributed by atoms with E-state index < -0.39 is 0 Å². The van der Waals surface area contributed by atoms with E-state index >= 15 is 0 Å². The smallest absolute Gasteiger partial charge is 0.160 e. The summed E-state index contributed by atoms with van der Waals surface area (Å²) in [6, 6.07) is 4.34. The molecule has 0 bridgehead atoms. The van der Waals surface area contributed by atoms with Gasteiger partial charge in [-0.25, -0.2) is 0 Å². The Kier molecular flexibility index (Phi) is 2.44. The van der Waals surface area contributed by atoms with E-state index in [0.717, 1.165) is 11.2 Å². The molecule has 0 saturated carbocycles. The lowest BCUT2D eigenvalue weighted by Crippen LogP contribution is -2.14. The van der Waals surface area contributed by atoms with Gasteiger partial charge < -0.3 is 4.90 Å². The van der Waals surface area contributed by atoms with Gasteiger partial charge in [-0.3, -0.25) is 4.79 Å². The van der Waals surface area contributed by atoms with Gasteiger partial charge in [0.05, 0.1) is 14.8 Å². The van der Waals surface area contributed by atoms with Crippen LogP contribution in [0, 0.1) is 0 Å². The molecule has 0 radical (unpaired) electrons. The van der Waals surface area contributed by atoms with Crippen LogP contribution < -0.4 is 4.90 Å². The van der Waals surface area contributed by atoms with Gasteiger partial charge >= 0.3 is 0 Å². The van der Waals surface area contributed by atoms with Gasteiger partial charge in [-0.1, -0.05) is 13.8 Å². The van der Waals surface area contributed by atoms with Crippen LogP contribution in [0.15, 0.2) is 12.1 Å². The maximum atomic E-state index is 11.0. The molecule has 0 spiro atoms. The van der Waals surface area contributed by atoms with Crippen LogP contribution in [-0.4, -0.2) is 20.4 Å². The van der Waals surface area contributed by atoms with E-state index in [0.29, 0.717) is 0 Å². The van der Waals surface area contributed by atoms with Crippen molar-refractivity contribution < 1.29 is 4.79 Å². The minimum atomic E-state index is 0.0210. The SMILES string of the molecule is CN(C)c1cc2c(s1)-c1sc(C=O)cc1C2(C)C. The van der Waals surface area contributed by atoms with Gasteiger partial charge in [-0.05, 0) is 23.3 Å². The van der Waals surface area contributed by atoms with Gasteiger partial charge in [0.2, 0.25) is 0 Å². The number of hydrogen-bond acceptors (Lipinski definition) is 4. The van der Waals surface area contributed by atoms with E-state index in [9.17, 15) is 4.79 Å². The summed E-state index contributed by atoms with van der Waals surface area (Å²) in [7, 11) is 4.14. The lowest BCUT2D eigenvalue weighted by molar-refractivity contribution is 0.112. The molecule has 0 fully saturated rings. The Morgan fingerprint density at radius 1 is 1.11 bits per heavy atom. The van der Waals surface area contributed by atoms with Crippen molar-refractivity contribution in [2.75, 3.05) is 19.0 Å². The highest BCUT2D eigenvalue weighted by Gasteiger charge is 2.39. The zero-order chi connectivity index (χ0) is 13.1. The second kappa shape index (κ2) is 3.68. The highest BCUT2D eigenvalue weighted by Crippen LogP contribution is 2.56. The molecule has 0 unspecified atom stereocenters. The molecule has 0 amide bonds. The van der Waals surface area contributed by atoms with Crippen LogP contribution in [0.25, 0.3) is 9.75 Å². The summed E-state index contributed by atoms with van der Waals surface area (Å²) in [5.74, 6) is 0. The monoisotopic (exact) mass is 277 g/mol. The number of hydrogen-bond donors (Lipinski definition) is 0. The minimum absolute atomic E-state index is 0.0210. The van der Waals surface area contributed by atoms with Crippen molar-refractivity contribution in [2.24, 2.45) is 0 Å². The fourth-order valence-corrected chi connectivity index (χ4v) is 5.01. The van der Waals surface area contributed by atoms with Gasteiger partial charge in [0.25, 0.3) is 0 Å². The number of aldehydes is 1. The predicted molar refractivity (Wildman–Crippen MR) is 79.5 cm³/mol. The molecule has 0 atom stereocenters. The summed E-state index contributed by atoms with van der Waals surface area (Å²) in [5, 5.41) is 1.28. The van der Waals surface area contributed by atoms with Crippen molar-refractivity contribution in [2.45, 2.75) is 19.3 Å². The quantitative estimate of drug-likeness (QED) is 0.773. The number of anilines is 1. The minimum Gasteiger partial charge on any atom is -0.370 e. The maximum absolute atomic E-state index is 11.0. The molecule has 0 aromatic carbocycles. The van der Waals surface area contributed by atoms with Gasteiger partial charge in [-0.15, -0.1) is 22.7 Å². The number of thiophene rings is 2. The zero-order valence-electron chi connectivity index (χ0n) is 10.9. The van der Waals surface area contributed by atoms with Crippen molar-refractivity contribution in [3.8, 4) is 9.75 Å². The highest BCUT2D eigenvalue weighted by molar-refractivity contribution is 7.25. The zero-order valence-corrected chi connectivity index (χ0v) is 12.5. The van der Waals surface area contributed by atoms with Crippen LogP contribution in [-0.2, 0) is 5.41 Å². The van der Waals surface area contributed by atoms with Crippen LogP contribution in [0.4, 0.5) is 5.00 Å². The molecule has 1 aliphatic carbocycles. The average molecular weight is 277 g/mol. The molecule has 94 valence electrons. The fraction of sp³-hybridized carbons (Fsp3) is 0.357. The van der Waals surface area contributed by atoms with E-state index in [1.165, 1.54) is 25.9 Å². The summed E-state index contributed by atoms with van der Waals surface area (Å²) in [6.45, 7) is 4.48. The molecule has 18 heavy (non-hydrogen) atoms. The fourth-order valence-electron chi connectivity index (χ4n) is 2.48. The van der Waals surface area contributed by atoms with Gasteiger partial charge in [0.1, 0.15) is 0 Å². The first-order valence-corrected chi connectivity index (χ1v) is 7.50. The molecule has 0 saturated heterocycles. The molecular formula is C14H15NOS2. The largest absolute Gasteiger partial charge is 0.370 e. The number of rotatable bonds is 2. The first kappa shape index (κ1) is 11.9. The Balaban J connectivity index is 2.25. The van der Waals surface area contributed by atoms with E-state index in [-0.39, 0.29) is 5.41 Å². The summed E-state index contributed by atoms with van der Waals surface area (Å²) >= 11 is 3.44. The number of nitrogens with zero attached hydrogens (tertiary/aromatic N) is 1. The summed E-state index contributed by atoms with van der Waals surface area (Å²) in [5.41, 5.74) is 2.73. The molecule has 0 N–H and O–H groups in total. The van der Waals surface area contributed by atoms with Crippen molar-refractivity contribution >= 4 is 34.0 Å². The topological polar surface area (TPSA) is 20.3 Å². The predicted octanol–water partition coefficient (Wildman–Crippen LogP) is 3.99. The van der Waals surface area contributed by atoms with Crippen molar-refractivity contribution in [3.63, 3.8) is 0 Å². The van der Waals surface area contributed by atoms with Crippen molar-refractivity contribution in [1.29, 1.82) is 0 Å².